The van der Waals surface area contributed by atoms with E-state index in [0.717, 1.165) is 50.3 Å². The largest absolute Gasteiger partial charge is 0.489 e. The van der Waals surface area contributed by atoms with E-state index in [4.69, 9.17) is 9.47 Å². The molecule has 0 aliphatic carbocycles. The fourth-order valence-electron chi connectivity index (χ4n) is 2.52. The molecule has 0 bridgehead atoms. The van der Waals surface area contributed by atoms with Gasteiger partial charge in [-0.1, -0.05) is 11.8 Å². The molecular weight excluding hydrogens is 252 g/mol. The van der Waals surface area contributed by atoms with E-state index < -0.39 is 0 Å². The van der Waals surface area contributed by atoms with Gasteiger partial charge in [0.2, 0.25) is 0 Å². The molecule has 0 saturated carbocycles. The van der Waals surface area contributed by atoms with Crippen LogP contribution < -0.4 is 10.1 Å². The molecule has 0 radical (unpaired) electrons. The highest BCUT2D eigenvalue weighted by Crippen LogP contribution is 2.17. The zero-order chi connectivity index (χ0) is 13.6. The second-order valence-electron chi connectivity index (χ2n) is 5.26. The maximum absolute atomic E-state index is 5.94. The summed E-state index contributed by atoms with van der Waals surface area (Å²) in [6, 6.07) is 2.31. The van der Waals surface area contributed by atoms with Crippen LogP contribution in [0.1, 0.15) is 31.2 Å². The quantitative estimate of drug-likeness (QED) is 0.833. The first-order chi connectivity index (χ1) is 9.90. The van der Waals surface area contributed by atoms with E-state index >= 15 is 0 Å². The number of nitrogens with zero attached hydrogens (tertiary/aromatic N) is 1. The van der Waals surface area contributed by atoms with E-state index in [1.165, 1.54) is 6.42 Å². The number of pyridine rings is 1. The number of rotatable bonds is 2. The van der Waals surface area contributed by atoms with Crippen LogP contribution in [0.15, 0.2) is 18.5 Å². The number of hydrogen-bond donors (Lipinski definition) is 1. The number of aromatic nitrogens is 1. The minimum Gasteiger partial charge on any atom is -0.489 e. The molecule has 1 aromatic rings. The van der Waals surface area contributed by atoms with Gasteiger partial charge in [0.1, 0.15) is 11.9 Å². The molecule has 1 N–H and O–H groups in total. The fourth-order valence-corrected chi connectivity index (χ4v) is 2.52. The summed E-state index contributed by atoms with van der Waals surface area (Å²) in [5.74, 6) is 7.25. The summed E-state index contributed by atoms with van der Waals surface area (Å²) in [5.41, 5.74) is 0.920. The van der Waals surface area contributed by atoms with Crippen molar-refractivity contribution in [2.24, 2.45) is 0 Å². The highest BCUT2D eigenvalue weighted by molar-refractivity contribution is 5.37. The monoisotopic (exact) mass is 272 g/mol. The average molecular weight is 272 g/mol. The van der Waals surface area contributed by atoms with Crippen molar-refractivity contribution in [1.29, 1.82) is 0 Å². The lowest BCUT2D eigenvalue weighted by Gasteiger charge is -2.23. The van der Waals surface area contributed by atoms with Crippen molar-refractivity contribution in [3.8, 4) is 17.6 Å². The lowest BCUT2D eigenvalue weighted by atomic mass is 10.1. The van der Waals surface area contributed by atoms with Gasteiger partial charge in [0.25, 0.3) is 0 Å². The fraction of sp³-hybridized carbons (Fsp3) is 0.562. The van der Waals surface area contributed by atoms with Gasteiger partial charge in [-0.05, 0) is 25.5 Å². The first kappa shape index (κ1) is 13.4. The average Bonchev–Trinajstić information content (AvgIpc) is 3.00. The Labute approximate surface area is 119 Å². The van der Waals surface area contributed by atoms with Gasteiger partial charge in [-0.3, -0.25) is 4.98 Å². The molecule has 0 amide bonds. The third-order valence-electron chi connectivity index (χ3n) is 3.64. The summed E-state index contributed by atoms with van der Waals surface area (Å²) < 4.78 is 11.3. The molecular formula is C16H20N2O2. The second-order valence-corrected chi connectivity index (χ2v) is 5.26. The summed E-state index contributed by atoms with van der Waals surface area (Å²) in [6.45, 7) is 2.64. The molecule has 0 spiro atoms. The molecule has 106 valence electrons. The summed E-state index contributed by atoms with van der Waals surface area (Å²) >= 11 is 0. The Morgan fingerprint density at radius 3 is 2.95 bits per heavy atom. The molecule has 0 aromatic carbocycles. The summed E-state index contributed by atoms with van der Waals surface area (Å²) in [5, 5.41) is 3.37. The minimum absolute atomic E-state index is 0.241. The lowest BCUT2D eigenvalue weighted by molar-refractivity contribution is 0.0254. The van der Waals surface area contributed by atoms with Crippen molar-refractivity contribution >= 4 is 0 Å². The van der Waals surface area contributed by atoms with Crippen molar-refractivity contribution in [2.75, 3.05) is 19.8 Å². The van der Waals surface area contributed by atoms with E-state index in [2.05, 4.69) is 22.1 Å². The van der Waals surface area contributed by atoms with Gasteiger partial charge in [0, 0.05) is 24.6 Å². The van der Waals surface area contributed by atoms with Gasteiger partial charge >= 0.3 is 0 Å². The van der Waals surface area contributed by atoms with Crippen molar-refractivity contribution in [3.05, 3.63) is 24.0 Å². The van der Waals surface area contributed by atoms with Crippen LogP contribution in [0.4, 0.5) is 0 Å². The van der Waals surface area contributed by atoms with Gasteiger partial charge in [0.15, 0.2) is 0 Å². The Hall–Kier alpha value is -1.57. The minimum atomic E-state index is 0.241. The van der Waals surface area contributed by atoms with E-state index in [1.807, 2.05) is 6.07 Å². The Bertz CT molecular complexity index is 495. The van der Waals surface area contributed by atoms with Crippen molar-refractivity contribution < 1.29 is 9.47 Å². The highest BCUT2D eigenvalue weighted by atomic mass is 16.5. The topological polar surface area (TPSA) is 43.4 Å². The molecule has 20 heavy (non-hydrogen) atoms. The zero-order valence-corrected chi connectivity index (χ0v) is 11.6. The summed E-state index contributed by atoms with van der Waals surface area (Å²) in [4.78, 5) is 4.22. The van der Waals surface area contributed by atoms with E-state index in [0.29, 0.717) is 6.04 Å². The van der Waals surface area contributed by atoms with Gasteiger partial charge in [0.05, 0.1) is 25.5 Å². The second kappa shape index (κ2) is 6.74. The smallest absolute Gasteiger partial charge is 0.139 e. The van der Waals surface area contributed by atoms with Crippen LogP contribution in [0.5, 0.6) is 5.75 Å². The Balaban J connectivity index is 1.62. The standard InChI is InChI=1S/C16H20N2O2/c1-2-14(18-7-1)4-3-13-10-16(12-17-11-13)20-15-5-8-19-9-6-15/h10-12,14-15,18H,1-2,5-9H2. The summed E-state index contributed by atoms with van der Waals surface area (Å²) in [6.07, 6.45) is 8.03. The van der Waals surface area contributed by atoms with Gasteiger partial charge in [-0.25, -0.2) is 0 Å². The Morgan fingerprint density at radius 2 is 2.15 bits per heavy atom. The van der Waals surface area contributed by atoms with Crippen LogP contribution >= 0.6 is 0 Å². The molecule has 1 atom stereocenters. The number of nitrogens with one attached hydrogen (secondary N) is 1. The molecule has 2 aliphatic rings. The molecule has 1 aromatic heterocycles. The molecule has 1 unspecified atom stereocenters. The zero-order valence-electron chi connectivity index (χ0n) is 11.6. The maximum Gasteiger partial charge on any atom is 0.139 e. The normalized spacial score (nSPS) is 23.1. The third kappa shape index (κ3) is 3.72. The molecule has 3 heterocycles. The predicted octanol–water partition coefficient (Wildman–Crippen LogP) is 1.74. The van der Waals surface area contributed by atoms with Crippen molar-refractivity contribution in [3.63, 3.8) is 0 Å². The summed E-state index contributed by atoms with van der Waals surface area (Å²) in [7, 11) is 0. The van der Waals surface area contributed by atoms with Crippen LogP contribution in [0, 0.1) is 11.8 Å². The van der Waals surface area contributed by atoms with Crippen molar-refractivity contribution in [1.82, 2.24) is 10.3 Å². The Kier molecular flexibility index (Phi) is 4.52. The van der Waals surface area contributed by atoms with Gasteiger partial charge < -0.3 is 14.8 Å². The third-order valence-corrected chi connectivity index (χ3v) is 3.64. The predicted molar refractivity (Wildman–Crippen MR) is 76.6 cm³/mol. The van der Waals surface area contributed by atoms with Crippen molar-refractivity contribution in [2.45, 2.75) is 37.8 Å². The highest BCUT2D eigenvalue weighted by Gasteiger charge is 2.15. The SMILES string of the molecule is C(#CC1CCCN1)c1cncc(OC2CCOCC2)c1. The molecule has 4 nitrogen and oxygen atoms in total. The first-order valence-corrected chi connectivity index (χ1v) is 7.34. The molecule has 2 aliphatic heterocycles. The van der Waals surface area contributed by atoms with Crippen LogP contribution in [0.3, 0.4) is 0 Å². The molecule has 2 saturated heterocycles. The maximum atomic E-state index is 5.94. The van der Waals surface area contributed by atoms with E-state index in [-0.39, 0.29) is 6.10 Å². The van der Waals surface area contributed by atoms with Crippen LogP contribution in [0.2, 0.25) is 0 Å². The van der Waals surface area contributed by atoms with Gasteiger partial charge in [-0.2, -0.15) is 0 Å². The lowest BCUT2D eigenvalue weighted by Crippen LogP contribution is -2.25. The first-order valence-electron chi connectivity index (χ1n) is 7.34. The van der Waals surface area contributed by atoms with Gasteiger partial charge in [-0.15, -0.1) is 0 Å². The molecule has 3 rings (SSSR count). The number of ether oxygens (including phenoxy) is 2. The Morgan fingerprint density at radius 1 is 1.25 bits per heavy atom. The van der Waals surface area contributed by atoms with Crippen LogP contribution in [-0.2, 0) is 4.74 Å². The van der Waals surface area contributed by atoms with Crippen LogP contribution in [-0.4, -0.2) is 36.9 Å². The molecule has 4 heteroatoms. The van der Waals surface area contributed by atoms with Crippen LogP contribution in [0.25, 0.3) is 0 Å². The van der Waals surface area contributed by atoms with E-state index in [9.17, 15) is 0 Å². The molecule has 2 fully saturated rings. The number of hydrogen-bond acceptors (Lipinski definition) is 4. The van der Waals surface area contributed by atoms with E-state index in [1.54, 1.807) is 12.4 Å².